The molecule has 3 nitrogen and oxygen atoms in total. The fourth-order valence-electron chi connectivity index (χ4n) is 4.41. The molecular weight excluding hydrogens is 360 g/mol. The molecule has 1 aliphatic rings. The van der Waals surface area contributed by atoms with Gasteiger partial charge in [0.2, 0.25) is 0 Å². The predicted molar refractivity (Wildman–Crippen MR) is 122 cm³/mol. The number of ether oxygens (including phenoxy) is 1. The molecule has 0 saturated carbocycles. The summed E-state index contributed by atoms with van der Waals surface area (Å²) in [5, 5.41) is 0. The highest BCUT2D eigenvalue weighted by Crippen LogP contribution is 2.22. The molecule has 1 saturated heterocycles. The lowest BCUT2D eigenvalue weighted by atomic mass is 9.95. The maximum absolute atomic E-state index is 11.8. The minimum absolute atomic E-state index is 0.0393. The molecule has 1 aliphatic heterocycles. The lowest BCUT2D eigenvalue weighted by Crippen LogP contribution is -2.17. The van der Waals surface area contributed by atoms with Crippen LogP contribution < -0.4 is 0 Å². The smallest absolute Gasteiger partial charge is 0.316 e. The maximum atomic E-state index is 11.8. The van der Waals surface area contributed by atoms with Gasteiger partial charge in [0, 0.05) is 6.42 Å². The normalized spacial score (nSPS) is 17.3. The van der Waals surface area contributed by atoms with E-state index >= 15 is 0 Å². The average Bonchev–Trinajstić information content (AvgIpc) is 2.87. The number of carbonyl (C=O) groups is 2. The molecule has 1 atom stereocenters. The highest BCUT2D eigenvalue weighted by atomic mass is 16.6. The van der Waals surface area contributed by atoms with Crippen LogP contribution in [0.2, 0.25) is 0 Å². The van der Waals surface area contributed by atoms with Gasteiger partial charge in [-0.15, -0.1) is 0 Å². The van der Waals surface area contributed by atoms with Crippen LogP contribution in [-0.2, 0) is 14.3 Å². The summed E-state index contributed by atoms with van der Waals surface area (Å²) in [5.41, 5.74) is 0. The van der Waals surface area contributed by atoms with E-state index in [0.29, 0.717) is 6.42 Å². The fraction of sp³-hybridized carbons (Fsp3) is 0.923. The van der Waals surface area contributed by atoms with E-state index in [2.05, 4.69) is 6.92 Å². The van der Waals surface area contributed by atoms with E-state index in [0.717, 1.165) is 25.7 Å². The molecule has 0 radical (unpaired) electrons. The van der Waals surface area contributed by atoms with Crippen molar-refractivity contribution in [3.63, 3.8) is 0 Å². The van der Waals surface area contributed by atoms with Gasteiger partial charge in [-0.1, -0.05) is 122 Å². The van der Waals surface area contributed by atoms with E-state index in [1.807, 2.05) is 0 Å². The highest BCUT2D eigenvalue weighted by Gasteiger charge is 2.25. The van der Waals surface area contributed by atoms with Gasteiger partial charge >= 0.3 is 11.9 Å². The van der Waals surface area contributed by atoms with Crippen molar-refractivity contribution in [2.75, 3.05) is 0 Å². The Labute approximate surface area is 180 Å². The molecule has 0 aliphatic carbocycles. The van der Waals surface area contributed by atoms with E-state index in [-0.39, 0.29) is 17.9 Å². The molecule has 3 heteroatoms. The van der Waals surface area contributed by atoms with Crippen molar-refractivity contribution >= 4 is 11.9 Å². The number of hydrogen-bond donors (Lipinski definition) is 0. The summed E-state index contributed by atoms with van der Waals surface area (Å²) in [5.74, 6) is -0.655. The minimum Gasteiger partial charge on any atom is -0.393 e. The molecule has 1 fully saturated rings. The Kier molecular flexibility index (Phi) is 17.3. The summed E-state index contributed by atoms with van der Waals surface area (Å²) in [6.07, 6.45) is 27.7. The summed E-state index contributed by atoms with van der Waals surface area (Å²) in [4.78, 5) is 23.0. The first kappa shape index (κ1) is 26.2. The summed E-state index contributed by atoms with van der Waals surface area (Å²) >= 11 is 0. The van der Waals surface area contributed by atoms with Crippen LogP contribution in [0.15, 0.2) is 0 Å². The molecule has 0 N–H and O–H groups in total. The van der Waals surface area contributed by atoms with Gasteiger partial charge in [0.25, 0.3) is 0 Å². The van der Waals surface area contributed by atoms with Crippen molar-refractivity contribution in [2.45, 2.75) is 148 Å². The molecule has 1 unspecified atom stereocenters. The quantitative estimate of drug-likeness (QED) is 0.123. The molecule has 1 rings (SSSR count). The van der Waals surface area contributed by atoms with E-state index in [9.17, 15) is 9.59 Å². The standard InChI is InChI=1S/C26H48O3/c1-2-3-4-5-6-7-8-9-10-11-12-13-14-15-16-17-18-19-21-24-22-20-23-25(27)29-26(24)28/h24H,2-23H2,1H3. The van der Waals surface area contributed by atoms with E-state index in [1.165, 1.54) is 109 Å². The van der Waals surface area contributed by atoms with Gasteiger partial charge in [-0.05, 0) is 19.3 Å². The van der Waals surface area contributed by atoms with Crippen molar-refractivity contribution in [2.24, 2.45) is 5.92 Å². The number of carbonyl (C=O) groups excluding carboxylic acids is 2. The largest absolute Gasteiger partial charge is 0.393 e. The molecular formula is C26H48O3. The zero-order valence-electron chi connectivity index (χ0n) is 19.4. The van der Waals surface area contributed by atoms with Gasteiger partial charge in [0.1, 0.15) is 0 Å². The number of hydrogen-bond acceptors (Lipinski definition) is 3. The highest BCUT2D eigenvalue weighted by molar-refractivity contribution is 5.87. The molecule has 170 valence electrons. The Morgan fingerprint density at radius 2 is 1.07 bits per heavy atom. The van der Waals surface area contributed by atoms with Crippen LogP contribution in [0.25, 0.3) is 0 Å². The Hall–Kier alpha value is -0.860. The third-order valence-electron chi connectivity index (χ3n) is 6.39. The zero-order valence-corrected chi connectivity index (χ0v) is 19.4. The van der Waals surface area contributed by atoms with Crippen LogP contribution in [0.3, 0.4) is 0 Å². The van der Waals surface area contributed by atoms with E-state index < -0.39 is 0 Å². The van der Waals surface area contributed by atoms with Gasteiger partial charge in [0.15, 0.2) is 0 Å². The van der Waals surface area contributed by atoms with Crippen molar-refractivity contribution in [1.29, 1.82) is 0 Å². The van der Waals surface area contributed by atoms with Crippen LogP contribution in [0, 0.1) is 5.92 Å². The van der Waals surface area contributed by atoms with Crippen LogP contribution in [-0.4, -0.2) is 11.9 Å². The lowest BCUT2D eigenvalue weighted by molar-refractivity contribution is -0.161. The average molecular weight is 409 g/mol. The summed E-state index contributed by atoms with van der Waals surface area (Å²) in [7, 11) is 0. The molecule has 0 aromatic carbocycles. The summed E-state index contributed by atoms with van der Waals surface area (Å²) in [6, 6.07) is 0. The number of esters is 2. The van der Waals surface area contributed by atoms with E-state index in [1.54, 1.807) is 0 Å². The molecule has 0 amide bonds. The lowest BCUT2D eigenvalue weighted by Gasteiger charge is -2.10. The zero-order chi connectivity index (χ0) is 21.0. The van der Waals surface area contributed by atoms with Crippen LogP contribution >= 0.6 is 0 Å². The van der Waals surface area contributed by atoms with Crippen molar-refractivity contribution in [3.8, 4) is 0 Å². The SMILES string of the molecule is CCCCCCCCCCCCCCCCCCCCC1CCCC(=O)OC1=O. The third kappa shape index (κ3) is 15.6. The van der Waals surface area contributed by atoms with Crippen LogP contribution in [0.5, 0.6) is 0 Å². The molecule has 29 heavy (non-hydrogen) atoms. The fourth-order valence-corrected chi connectivity index (χ4v) is 4.41. The van der Waals surface area contributed by atoms with E-state index in [4.69, 9.17) is 4.74 Å². The van der Waals surface area contributed by atoms with Crippen molar-refractivity contribution in [3.05, 3.63) is 0 Å². The Bertz CT molecular complexity index is 405. The number of unbranched alkanes of at least 4 members (excludes halogenated alkanes) is 17. The predicted octanol–water partition coefficient (Wildman–Crippen LogP) is 8.29. The molecule has 0 aromatic heterocycles. The second-order valence-corrected chi connectivity index (χ2v) is 9.18. The van der Waals surface area contributed by atoms with Crippen LogP contribution in [0.4, 0.5) is 0 Å². The first-order chi connectivity index (χ1) is 14.2. The Morgan fingerprint density at radius 1 is 0.655 bits per heavy atom. The Balaban J connectivity index is 1.76. The number of cyclic esters (lactones) is 2. The molecule has 0 spiro atoms. The summed E-state index contributed by atoms with van der Waals surface area (Å²) in [6.45, 7) is 2.28. The molecule has 0 bridgehead atoms. The maximum Gasteiger partial charge on any atom is 0.316 e. The Morgan fingerprint density at radius 3 is 1.52 bits per heavy atom. The first-order valence-corrected chi connectivity index (χ1v) is 13.0. The molecule has 0 aromatic rings. The number of rotatable bonds is 19. The monoisotopic (exact) mass is 408 g/mol. The molecule has 1 heterocycles. The van der Waals surface area contributed by atoms with Gasteiger partial charge in [-0.25, -0.2) is 0 Å². The van der Waals surface area contributed by atoms with Gasteiger partial charge in [-0.2, -0.15) is 0 Å². The van der Waals surface area contributed by atoms with Gasteiger partial charge < -0.3 is 4.74 Å². The third-order valence-corrected chi connectivity index (χ3v) is 6.39. The minimum atomic E-state index is -0.338. The second kappa shape index (κ2) is 19.1. The van der Waals surface area contributed by atoms with Crippen molar-refractivity contribution < 1.29 is 14.3 Å². The first-order valence-electron chi connectivity index (χ1n) is 13.0. The van der Waals surface area contributed by atoms with Gasteiger partial charge in [-0.3, -0.25) is 9.59 Å². The van der Waals surface area contributed by atoms with Crippen LogP contribution in [0.1, 0.15) is 148 Å². The van der Waals surface area contributed by atoms with Crippen molar-refractivity contribution in [1.82, 2.24) is 0 Å². The second-order valence-electron chi connectivity index (χ2n) is 9.18. The van der Waals surface area contributed by atoms with Gasteiger partial charge in [0.05, 0.1) is 5.92 Å². The summed E-state index contributed by atoms with van der Waals surface area (Å²) < 4.78 is 4.83. The topological polar surface area (TPSA) is 43.4 Å².